The Bertz CT molecular complexity index is 923. The molecule has 0 bridgehead atoms. The molecule has 5 heteroatoms. The number of carbonyl (C=O) groups is 2. The van der Waals surface area contributed by atoms with Gasteiger partial charge in [0.25, 0.3) is 0 Å². The first kappa shape index (κ1) is 19.8. The van der Waals surface area contributed by atoms with Crippen molar-refractivity contribution in [3.05, 3.63) is 88.1 Å². The van der Waals surface area contributed by atoms with E-state index in [1.54, 1.807) is 11.3 Å². The summed E-state index contributed by atoms with van der Waals surface area (Å²) in [6.45, 7) is 4.06. The van der Waals surface area contributed by atoms with Crippen molar-refractivity contribution in [2.45, 2.75) is 32.9 Å². The van der Waals surface area contributed by atoms with E-state index < -0.39 is 0 Å². The lowest BCUT2D eigenvalue weighted by Gasteiger charge is -2.30. The normalized spacial score (nSPS) is 11.6. The van der Waals surface area contributed by atoms with Gasteiger partial charge in [0, 0.05) is 24.0 Å². The zero-order chi connectivity index (χ0) is 19.9. The third kappa shape index (κ3) is 5.30. The second-order valence-electron chi connectivity index (χ2n) is 6.75. The first-order chi connectivity index (χ1) is 13.5. The molecule has 1 heterocycles. The fourth-order valence-corrected chi connectivity index (χ4v) is 3.84. The molecule has 0 aliphatic carbocycles. The van der Waals surface area contributed by atoms with Crippen LogP contribution in [0.3, 0.4) is 0 Å². The predicted molar refractivity (Wildman–Crippen MR) is 114 cm³/mol. The number of thiophene rings is 1. The van der Waals surface area contributed by atoms with Crippen molar-refractivity contribution >= 4 is 28.8 Å². The second-order valence-corrected chi connectivity index (χ2v) is 7.78. The Morgan fingerprint density at radius 3 is 2.50 bits per heavy atom. The Morgan fingerprint density at radius 1 is 1.04 bits per heavy atom. The summed E-state index contributed by atoms with van der Waals surface area (Å²) in [5.41, 5.74) is 2.82. The number of nitrogens with zero attached hydrogens (tertiary/aromatic N) is 1. The number of rotatable bonds is 7. The van der Waals surface area contributed by atoms with Crippen molar-refractivity contribution in [3.63, 3.8) is 0 Å². The number of hydrogen-bond donors (Lipinski definition) is 1. The molecule has 2 amide bonds. The summed E-state index contributed by atoms with van der Waals surface area (Å²) in [5, 5.41) is 4.80. The Balaban J connectivity index is 1.86. The van der Waals surface area contributed by atoms with E-state index in [4.69, 9.17) is 0 Å². The summed E-state index contributed by atoms with van der Waals surface area (Å²) < 4.78 is 0. The lowest BCUT2D eigenvalue weighted by atomic mass is 10.0. The van der Waals surface area contributed by atoms with Crippen LogP contribution in [0.4, 0.5) is 5.69 Å². The highest BCUT2D eigenvalue weighted by molar-refractivity contribution is 7.10. The molecule has 1 unspecified atom stereocenters. The third-order valence-corrected chi connectivity index (χ3v) is 5.45. The Labute approximate surface area is 169 Å². The Hall–Kier alpha value is -2.92. The van der Waals surface area contributed by atoms with Gasteiger partial charge in [-0.15, -0.1) is 11.3 Å². The van der Waals surface area contributed by atoms with Crippen LogP contribution in [0.15, 0.2) is 72.1 Å². The molecule has 0 aliphatic rings. The topological polar surface area (TPSA) is 49.4 Å². The number of carbonyl (C=O) groups excluding carboxylic acids is 2. The summed E-state index contributed by atoms with van der Waals surface area (Å²) >= 11 is 1.60. The highest BCUT2D eigenvalue weighted by Gasteiger charge is 2.22. The highest BCUT2D eigenvalue weighted by Crippen LogP contribution is 2.26. The van der Waals surface area contributed by atoms with Gasteiger partial charge in [-0.05, 0) is 41.6 Å². The molecule has 3 rings (SSSR count). The quantitative estimate of drug-likeness (QED) is 0.612. The van der Waals surface area contributed by atoms with E-state index in [9.17, 15) is 9.59 Å². The average Bonchev–Trinajstić information content (AvgIpc) is 3.19. The maximum atomic E-state index is 13.2. The first-order valence-electron chi connectivity index (χ1n) is 9.26. The predicted octanol–water partition coefficient (Wildman–Crippen LogP) is 5.04. The molecule has 0 saturated carbocycles. The maximum Gasteiger partial charge on any atom is 0.228 e. The van der Waals surface area contributed by atoms with E-state index in [0.29, 0.717) is 13.0 Å². The van der Waals surface area contributed by atoms with Crippen LogP contribution in [-0.2, 0) is 22.6 Å². The highest BCUT2D eigenvalue weighted by atomic mass is 32.1. The fourth-order valence-electron chi connectivity index (χ4n) is 3.14. The van der Waals surface area contributed by atoms with E-state index in [-0.39, 0.29) is 17.9 Å². The number of hydrogen-bond acceptors (Lipinski definition) is 3. The Kier molecular flexibility index (Phi) is 6.61. The first-order valence-corrected chi connectivity index (χ1v) is 10.1. The molecule has 2 aromatic carbocycles. The van der Waals surface area contributed by atoms with Crippen LogP contribution >= 0.6 is 11.3 Å². The lowest BCUT2D eigenvalue weighted by molar-refractivity contribution is -0.133. The molecule has 28 heavy (non-hydrogen) atoms. The summed E-state index contributed by atoms with van der Waals surface area (Å²) in [6, 6.07) is 21.5. The standard InChI is InChI=1S/C23H24N2O2S/c1-17(20-10-6-11-21(14-20)24-18(2)26)25(16-19-8-4-3-5-9-19)23(27)15-22-12-7-13-28-22/h3-14,17H,15-16H2,1-2H3,(H,24,26). The molecule has 0 spiro atoms. The van der Waals surface area contributed by atoms with Crippen molar-refractivity contribution < 1.29 is 9.59 Å². The van der Waals surface area contributed by atoms with Crippen molar-refractivity contribution in [1.82, 2.24) is 4.90 Å². The minimum Gasteiger partial charge on any atom is -0.331 e. The number of amides is 2. The molecule has 144 valence electrons. The molecular weight excluding hydrogens is 368 g/mol. The van der Waals surface area contributed by atoms with Crippen molar-refractivity contribution in [2.75, 3.05) is 5.32 Å². The van der Waals surface area contributed by atoms with Crippen molar-refractivity contribution in [2.24, 2.45) is 0 Å². The van der Waals surface area contributed by atoms with Crippen LogP contribution in [-0.4, -0.2) is 16.7 Å². The second kappa shape index (κ2) is 9.33. The van der Waals surface area contributed by atoms with E-state index in [1.165, 1.54) is 6.92 Å². The van der Waals surface area contributed by atoms with Crippen LogP contribution < -0.4 is 5.32 Å². The summed E-state index contributed by atoms with van der Waals surface area (Å²) in [4.78, 5) is 27.5. The van der Waals surface area contributed by atoms with E-state index in [1.807, 2.05) is 83.9 Å². The van der Waals surface area contributed by atoms with Crippen LogP contribution in [0.2, 0.25) is 0 Å². The van der Waals surface area contributed by atoms with E-state index >= 15 is 0 Å². The summed E-state index contributed by atoms with van der Waals surface area (Å²) in [5.74, 6) is -0.0246. The molecule has 0 saturated heterocycles. The van der Waals surface area contributed by atoms with Crippen molar-refractivity contribution in [1.29, 1.82) is 0 Å². The molecule has 0 radical (unpaired) electrons. The van der Waals surface area contributed by atoms with Gasteiger partial charge in [-0.3, -0.25) is 9.59 Å². The molecule has 1 aromatic heterocycles. The monoisotopic (exact) mass is 392 g/mol. The number of anilines is 1. The SMILES string of the molecule is CC(=O)Nc1cccc(C(C)N(Cc2ccccc2)C(=O)Cc2cccs2)c1. The number of nitrogens with one attached hydrogen (secondary N) is 1. The lowest BCUT2D eigenvalue weighted by Crippen LogP contribution is -2.34. The van der Waals surface area contributed by atoms with E-state index in [0.717, 1.165) is 21.7 Å². The van der Waals surface area contributed by atoms with Gasteiger partial charge < -0.3 is 10.2 Å². The summed E-state index contributed by atoms with van der Waals surface area (Å²) in [7, 11) is 0. The molecule has 1 N–H and O–H groups in total. The largest absolute Gasteiger partial charge is 0.331 e. The maximum absolute atomic E-state index is 13.2. The van der Waals surface area contributed by atoms with Gasteiger partial charge in [-0.25, -0.2) is 0 Å². The molecule has 3 aromatic rings. The van der Waals surface area contributed by atoms with Gasteiger partial charge in [-0.2, -0.15) is 0 Å². The van der Waals surface area contributed by atoms with Gasteiger partial charge in [0.05, 0.1) is 12.5 Å². The molecule has 0 aliphatic heterocycles. The summed E-state index contributed by atoms with van der Waals surface area (Å²) in [6.07, 6.45) is 0.389. The Morgan fingerprint density at radius 2 is 1.82 bits per heavy atom. The zero-order valence-electron chi connectivity index (χ0n) is 16.1. The molecular formula is C23H24N2O2S. The van der Waals surface area contributed by atoms with Gasteiger partial charge >= 0.3 is 0 Å². The van der Waals surface area contributed by atoms with Gasteiger partial charge in [0.1, 0.15) is 0 Å². The van der Waals surface area contributed by atoms with E-state index in [2.05, 4.69) is 5.32 Å². The van der Waals surface area contributed by atoms with Gasteiger partial charge in [0.15, 0.2) is 0 Å². The van der Waals surface area contributed by atoms with Crippen LogP contribution in [0.25, 0.3) is 0 Å². The molecule has 1 atom stereocenters. The molecule has 0 fully saturated rings. The smallest absolute Gasteiger partial charge is 0.228 e. The zero-order valence-corrected chi connectivity index (χ0v) is 16.9. The van der Waals surface area contributed by atoms with Crippen LogP contribution in [0, 0.1) is 0 Å². The third-order valence-electron chi connectivity index (χ3n) is 4.58. The van der Waals surface area contributed by atoms with Crippen LogP contribution in [0.1, 0.15) is 35.9 Å². The van der Waals surface area contributed by atoms with Gasteiger partial charge in [0.2, 0.25) is 11.8 Å². The minimum absolute atomic E-state index is 0.0868. The van der Waals surface area contributed by atoms with Crippen molar-refractivity contribution in [3.8, 4) is 0 Å². The molecule has 4 nitrogen and oxygen atoms in total. The van der Waals surface area contributed by atoms with Gasteiger partial charge in [-0.1, -0.05) is 48.5 Å². The minimum atomic E-state index is -0.124. The van der Waals surface area contributed by atoms with Crippen LogP contribution in [0.5, 0.6) is 0 Å². The fraction of sp³-hybridized carbons (Fsp3) is 0.217. The number of benzene rings is 2. The average molecular weight is 393 g/mol.